The molecule has 1 aliphatic rings. The highest BCUT2D eigenvalue weighted by Gasteiger charge is 2.14. The van der Waals surface area contributed by atoms with Crippen LogP contribution in [0.25, 0.3) is 0 Å². The van der Waals surface area contributed by atoms with Gasteiger partial charge in [-0.15, -0.1) is 12.4 Å². The fraction of sp³-hybridized carbons (Fsp3) is 0.571. The molecule has 0 spiro atoms. The third-order valence-electron chi connectivity index (χ3n) is 3.57. The van der Waals surface area contributed by atoms with E-state index in [1.54, 1.807) is 6.07 Å². The summed E-state index contributed by atoms with van der Waals surface area (Å²) in [6, 6.07) is 4.40. The maximum Gasteiger partial charge on any atom is 0.0655 e. The fourth-order valence-electron chi connectivity index (χ4n) is 2.61. The average molecular weight is 324 g/mol. The molecule has 1 aromatic rings. The van der Waals surface area contributed by atoms with Gasteiger partial charge in [-0.25, -0.2) is 0 Å². The third-order valence-corrected chi connectivity index (χ3v) is 4.09. The van der Waals surface area contributed by atoms with Crippen LogP contribution >= 0.6 is 35.6 Å². The van der Waals surface area contributed by atoms with E-state index in [1.807, 2.05) is 13.1 Å². The van der Waals surface area contributed by atoms with Crippen molar-refractivity contribution in [3.63, 3.8) is 0 Å². The lowest BCUT2D eigenvalue weighted by molar-refractivity contribution is 0.372. The molecule has 0 aliphatic heterocycles. The van der Waals surface area contributed by atoms with Crippen molar-refractivity contribution in [1.29, 1.82) is 0 Å². The number of hydrogen-bond acceptors (Lipinski definition) is 2. The molecule has 1 aliphatic carbocycles. The Morgan fingerprint density at radius 3 is 2.47 bits per heavy atom. The molecule has 1 fully saturated rings. The normalized spacial score (nSPS) is 15.9. The molecule has 0 amide bonds. The number of halogens is 3. The Bertz CT molecular complexity index is 404. The topological polar surface area (TPSA) is 24.1 Å². The highest BCUT2D eigenvalue weighted by Crippen LogP contribution is 2.30. The molecule has 2 rings (SSSR count). The Labute approximate surface area is 131 Å². The van der Waals surface area contributed by atoms with E-state index in [-0.39, 0.29) is 12.4 Å². The molecule has 1 saturated carbocycles. The minimum absolute atomic E-state index is 0. The van der Waals surface area contributed by atoms with Crippen LogP contribution in [0.4, 0.5) is 5.69 Å². The van der Waals surface area contributed by atoms with Gasteiger partial charge in [-0.1, -0.05) is 42.5 Å². The minimum Gasteiger partial charge on any atom is -0.387 e. The van der Waals surface area contributed by atoms with Crippen LogP contribution in [0.1, 0.15) is 37.7 Å². The van der Waals surface area contributed by atoms with E-state index in [4.69, 9.17) is 23.2 Å². The Hall–Kier alpha value is -0.150. The first-order valence-corrected chi connectivity index (χ1v) is 7.35. The highest BCUT2D eigenvalue weighted by molar-refractivity contribution is 6.36. The summed E-state index contributed by atoms with van der Waals surface area (Å²) in [5, 5.41) is 8.14. The van der Waals surface area contributed by atoms with Crippen molar-refractivity contribution in [3.05, 3.63) is 27.7 Å². The van der Waals surface area contributed by atoms with Crippen molar-refractivity contribution in [1.82, 2.24) is 5.32 Å². The first-order chi connectivity index (χ1) is 8.70. The van der Waals surface area contributed by atoms with Gasteiger partial charge in [0.1, 0.15) is 0 Å². The van der Waals surface area contributed by atoms with Gasteiger partial charge in [0.25, 0.3) is 0 Å². The van der Waals surface area contributed by atoms with Crippen LogP contribution in [-0.4, -0.2) is 13.1 Å². The van der Waals surface area contributed by atoms with Crippen LogP contribution < -0.4 is 10.6 Å². The molecule has 108 valence electrons. The predicted octanol–water partition coefficient (Wildman–Crippen LogP) is 4.88. The Morgan fingerprint density at radius 1 is 1.16 bits per heavy atom. The van der Waals surface area contributed by atoms with Gasteiger partial charge >= 0.3 is 0 Å². The lowest BCUT2D eigenvalue weighted by atomic mass is 9.95. The number of rotatable bonds is 4. The standard InChI is InChI=1S/C14H20Cl2N2.ClH/c1-17-14-10(7-11(15)8-13(14)16)9-18-12-5-3-2-4-6-12;/h7-8,12,17-18H,2-6,9H2,1H3;1H. The second-order valence-electron chi connectivity index (χ2n) is 4.89. The summed E-state index contributed by atoms with van der Waals surface area (Å²) in [4.78, 5) is 0. The van der Waals surface area contributed by atoms with Crippen LogP contribution in [0.15, 0.2) is 12.1 Å². The summed E-state index contributed by atoms with van der Waals surface area (Å²) in [5.41, 5.74) is 2.12. The fourth-order valence-corrected chi connectivity index (χ4v) is 3.24. The molecule has 19 heavy (non-hydrogen) atoms. The molecule has 5 heteroatoms. The van der Waals surface area contributed by atoms with Gasteiger partial charge in [-0.3, -0.25) is 0 Å². The summed E-state index contributed by atoms with van der Waals surface area (Å²) in [6.07, 6.45) is 6.62. The van der Waals surface area contributed by atoms with E-state index in [9.17, 15) is 0 Å². The molecule has 0 aromatic heterocycles. The van der Waals surface area contributed by atoms with Crippen molar-refractivity contribution in [2.75, 3.05) is 12.4 Å². The first kappa shape index (κ1) is 16.9. The SMILES string of the molecule is CNc1c(Cl)cc(Cl)cc1CNC1CCCCC1.Cl. The van der Waals surface area contributed by atoms with Crippen LogP contribution in [-0.2, 0) is 6.54 Å². The van der Waals surface area contributed by atoms with Crippen LogP contribution in [0, 0.1) is 0 Å². The Morgan fingerprint density at radius 2 is 1.84 bits per heavy atom. The molecule has 2 nitrogen and oxygen atoms in total. The van der Waals surface area contributed by atoms with Gasteiger partial charge in [-0.05, 0) is 30.5 Å². The second-order valence-corrected chi connectivity index (χ2v) is 5.73. The number of nitrogens with one attached hydrogen (secondary N) is 2. The van der Waals surface area contributed by atoms with Gasteiger partial charge in [-0.2, -0.15) is 0 Å². The predicted molar refractivity (Wildman–Crippen MR) is 87.0 cm³/mol. The molecule has 0 bridgehead atoms. The van der Waals surface area contributed by atoms with Gasteiger partial charge in [0.15, 0.2) is 0 Å². The molecular weight excluding hydrogens is 303 g/mol. The van der Waals surface area contributed by atoms with Crippen LogP contribution in [0.3, 0.4) is 0 Å². The molecule has 0 heterocycles. The molecular formula is C14H21Cl3N2. The van der Waals surface area contributed by atoms with E-state index in [0.29, 0.717) is 16.1 Å². The lowest BCUT2D eigenvalue weighted by Crippen LogP contribution is -2.30. The van der Waals surface area contributed by atoms with E-state index >= 15 is 0 Å². The van der Waals surface area contributed by atoms with Gasteiger partial charge in [0, 0.05) is 24.7 Å². The number of anilines is 1. The second kappa shape index (κ2) is 8.21. The van der Waals surface area contributed by atoms with E-state index < -0.39 is 0 Å². The van der Waals surface area contributed by atoms with Gasteiger partial charge < -0.3 is 10.6 Å². The summed E-state index contributed by atoms with van der Waals surface area (Å²) < 4.78 is 0. The molecule has 0 radical (unpaired) electrons. The summed E-state index contributed by atoms with van der Waals surface area (Å²) in [5.74, 6) is 0. The van der Waals surface area contributed by atoms with Crippen LogP contribution in [0.5, 0.6) is 0 Å². The largest absolute Gasteiger partial charge is 0.387 e. The van der Waals surface area contributed by atoms with Gasteiger partial charge in [0.05, 0.1) is 10.7 Å². The Kier molecular flexibility index (Phi) is 7.30. The van der Waals surface area contributed by atoms with Crippen molar-refractivity contribution in [3.8, 4) is 0 Å². The lowest BCUT2D eigenvalue weighted by Gasteiger charge is -2.23. The third kappa shape index (κ3) is 4.71. The first-order valence-electron chi connectivity index (χ1n) is 6.59. The number of hydrogen-bond donors (Lipinski definition) is 2. The van der Waals surface area contributed by atoms with Crippen molar-refractivity contribution >= 4 is 41.3 Å². The highest BCUT2D eigenvalue weighted by atomic mass is 35.5. The average Bonchev–Trinajstić information content (AvgIpc) is 2.37. The van der Waals surface area contributed by atoms with Crippen LogP contribution in [0.2, 0.25) is 10.0 Å². The summed E-state index contributed by atoms with van der Waals surface area (Å²) in [6.45, 7) is 0.821. The quantitative estimate of drug-likeness (QED) is 0.825. The van der Waals surface area contributed by atoms with E-state index in [1.165, 1.54) is 32.1 Å². The maximum atomic E-state index is 6.18. The molecule has 1 aromatic carbocycles. The zero-order valence-corrected chi connectivity index (χ0v) is 13.5. The van der Waals surface area contributed by atoms with E-state index in [0.717, 1.165) is 17.8 Å². The zero-order valence-electron chi connectivity index (χ0n) is 11.1. The molecule has 0 saturated heterocycles. The zero-order chi connectivity index (χ0) is 13.0. The molecule has 0 atom stereocenters. The van der Waals surface area contributed by atoms with Crippen molar-refractivity contribution < 1.29 is 0 Å². The minimum atomic E-state index is 0. The van der Waals surface area contributed by atoms with E-state index in [2.05, 4.69) is 10.6 Å². The number of benzene rings is 1. The maximum absolute atomic E-state index is 6.18. The summed E-state index contributed by atoms with van der Waals surface area (Å²) >= 11 is 12.2. The smallest absolute Gasteiger partial charge is 0.0655 e. The summed E-state index contributed by atoms with van der Waals surface area (Å²) in [7, 11) is 1.89. The molecule has 2 N–H and O–H groups in total. The van der Waals surface area contributed by atoms with Gasteiger partial charge in [0.2, 0.25) is 0 Å². The van der Waals surface area contributed by atoms with Crippen molar-refractivity contribution in [2.45, 2.75) is 44.7 Å². The van der Waals surface area contributed by atoms with Crippen molar-refractivity contribution in [2.24, 2.45) is 0 Å². The Balaban J connectivity index is 0.00000180. The molecule has 0 unspecified atom stereocenters. The monoisotopic (exact) mass is 322 g/mol.